The molecule has 0 atom stereocenters. The highest BCUT2D eigenvalue weighted by Crippen LogP contribution is 2.13. The van der Waals surface area contributed by atoms with Crippen molar-refractivity contribution in [3.8, 4) is 0 Å². The zero-order valence-electron chi connectivity index (χ0n) is 9.97. The van der Waals surface area contributed by atoms with Crippen LogP contribution in [0.25, 0.3) is 0 Å². The van der Waals surface area contributed by atoms with Crippen molar-refractivity contribution in [3.05, 3.63) is 58.9 Å². The lowest BCUT2D eigenvalue weighted by atomic mass is 9.99. The van der Waals surface area contributed by atoms with Gasteiger partial charge in [0, 0.05) is 11.8 Å². The van der Waals surface area contributed by atoms with Crippen molar-refractivity contribution >= 4 is 5.78 Å². The maximum atomic E-state index is 12.1. The van der Waals surface area contributed by atoms with Gasteiger partial charge >= 0.3 is 0 Å². The lowest BCUT2D eigenvalue weighted by Gasteiger charge is -2.05. The van der Waals surface area contributed by atoms with Crippen LogP contribution in [0.5, 0.6) is 0 Å². The Hall–Kier alpha value is -2.03. The van der Waals surface area contributed by atoms with Crippen LogP contribution in [0.4, 0.5) is 0 Å². The molecule has 17 heavy (non-hydrogen) atoms. The molecule has 0 fully saturated rings. The Bertz CT molecular complexity index is 535. The van der Waals surface area contributed by atoms with Crippen molar-refractivity contribution < 1.29 is 4.79 Å². The molecule has 0 spiro atoms. The predicted molar refractivity (Wildman–Crippen MR) is 66.0 cm³/mol. The van der Waals surface area contributed by atoms with Gasteiger partial charge in [0.1, 0.15) is 0 Å². The summed E-state index contributed by atoms with van der Waals surface area (Å²) < 4.78 is 0. The summed E-state index contributed by atoms with van der Waals surface area (Å²) in [5.41, 5.74) is 3.65. The molecule has 0 bridgehead atoms. The molecular weight excluding hydrogens is 212 g/mol. The van der Waals surface area contributed by atoms with Gasteiger partial charge in [-0.25, -0.2) is 0 Å². The number of ketones is 1. The van der Waals surface area contributed by atoms with Crippen LogP contribution in [0.1, 0.15) is 27.2 Å². The van der Waals surface area contributed by atoms with Gasteiger partial charge in [-0.3, -0.25) is 4.79 Å². The zero-order chi connectivity index (χ0) is 12.3. The summed E-state index contributed by atoms with van der Waals surface area (Å²) >= 11 is 0. The number of nitrogens with zero attached hydrogens (tertiary/aromatic N) is 2. The van der Waals surface area contributed by atoms with E-state index >= 15 is 0 Å². The first-order valence-corrected chi connectivity index (χ1v) is 5.54. The fraction of sp³-hybridized carbons (Fsp3) is 0.214. The van der Waals surface area contributed by atoms with Crippen LogP contribution in [-0.4, -0.2) is 16.0 Å². The van der Waals surface area contributed by atoms with Gasteiger partial charge in [-0.2, -0.15) is 10.2 Å². The summed E-state index contributed by atoms with van der Waals surface area (Å²) in [6.07, 6.45) is 1.91. The molecule has 3 heteroatoms. The lowest BCUT2D eigenvalue weighted by Crippen LogP contribution is -2.07. The summed E-state index contributed by atoms with van der Waals surface area (Å²) in [5, 5.41) is 7.69. The second kappa shape index (κ2) is 4.87. The SMILES string of the molecule is Cc1ccc(C(=O)Cc2cccnn2)c(C)c1. The van der Waals surface area contributed by atoms with E-state index in [0.717, 1.165) is 11.1 Å². The Kier molecular flexibility index (Phi) is 3.28. The van der Waals surface area contributed by atoms with Crippen LogP contribution in [0.2, 0.25) is 0 Å². The van der Waals surface area contributed by atoms with E-state index in [1.54, 1.807) is 12.3 Å². The molecule has 0 unspecified atom stereocenters. The van der Waals surface area contributed by atoms with Gasteiger partial charge in [0.25, 0.3) is 0 Å². The molecule has 0 aliphatic heterocycles. The van der Waals surface area contributed by atoms with Crippen molar-refractivity contribution in [3.63, 3.8) is 0 Å². The summed E-state index contributed by atoms with van der Waals surface area (Å²) in [7, 11) is 0. The summed E-state index contributed by atoms with van der Waals surface area (Å²) in [6, 6.07) is 9.45. The average Bonchev–Trinajstić information content (AvgIpc) is 2.30. The summed E-state index contributed by atoms with van der Waals surface area (Å²) in [6.45, 7) is 3.97. The molecule has 1 heterocycles. The number of rotatable bonds is 3. The van der Waals surface area contributed by atoms with Gasteiger partial charge < -0.3 is 0 Å². The Labute approximate surface area is 101 Å². The van der Waals surface area contributed by atoms with Crippen molar-refractivity contribution in [2.75, 3.05) is 0 Å². The smallest absolute Gasteiger partial charge is 0.169 e. The van der Waals surface area contributed by atoms with Crippen molar-refractivity contribution in [2.24, 2.45) is 0 Å². The molecule has 0 N–H and O–H groups in total. The third-order valence-electron chi connectivity index (χ3n) is 2.65. The number of hydrogen-bond acceptors (Lipinski definition) is 3. The molecule has 2 aromatic rings. The number of carbonyl (C=O) groups excluding carboxylic acids is 1. The number of aromatic nitrogens is 2. The van der Waals surface area contributed by atoms with Crippen molar-refractivity contribution in [1.29, 1.82) is 0 Å². The normalized spacial score (nSPS) is 10.2. The minimum Gasteiger partial charge on any atom is -0.294 e. The molecule has 0 saturated carbocycles. The molecule has 0 amide bonds. The highest BCUT2D eigenvalue weighted by molar-refractivity contribution is 5.98. The van der Waals surface area contributed by atoms with Gasteiger partial charge in [-0.15, -0.1) is 0 Å². The Balaban J connectivity index is 2.21. The monoisotopic (exact) mass is 226 g/mol. The topological polar surface area (TPSA) is 42.9 Å². The van der Waals surface area contributed by atoms with Crippen molar-refractivity contribution in [2.45, 2.75) is 20.3 Å². The predicted octanol–water partition coefficient (Wildman–Crippen LogP) is 2.52. The number of benzene rings is 1. The van der Waals surface area contributed by atoms with Crippen LogP contribution in [0.3, 0.4) is 0 Å². The average molecular weight is 226 g/mol. The number of aryl methyl sites for hydroxylation is 2. The zero-order valence-corrected chi connectivity index (χ0v) is 9.97. The maximum Gasteiger partial charge on any atom is 0.169 e. The van der Waals surface area contributed by atoms with E-state index in [1.807, 2.05) is 38.1 Å². The summed E-state index contributed by atoms with van der Waals surface area (Å²) in [4.78, 5) is 12.1. The van der Waals surface area contributed by atoms with E-state index in [9.17, 15) is 4.79 Å². The second-order valence-electron chi connectivity index (χ2n) is 4.13. The first-order chi connectivity index (χ1) is 8.16. The first kappa shape index (κ1) is 11.5. The fourth-order valence-corrected chi connectivity index (χ4v) is 1.81. The second-order valence-corrected chi connectivity index (χ2v) is 4.13. The van der Waals surface area contributed by atoms with Crippen LogP contribution in [0, 0.1) is 13.8 Å². The quantitative estimate of drug-likeness (QED) is 0.755. The van der Waals surface area contributed by atoms with E-state index in [4.69, 9.17) is 0 Å². The number of Topliss-reactive ketones (excluding diaryl/α,β-unsaturated/α-hetero) is 1. The van der Waals surface area contributed by atoms with Gasteiger partial charge in [0.2, 0.25) is 0 Å². The van der Waals surface area contributed by atoms with E-state index in [2.05, 4.69) is 10.2 Å². The first-order valence-electron chi connectivity index (χ1n) is 5.54. The Morgan fingerprint density at radius 1 is 1.24 bits per heavy atom. The Morgan fingerprint density at radius 2 is 2.06 bits per heavy atom. The largest absolute Gasteiger partial charge is 0.294 e. The van der Waals surface area contributed by atoms with Gasteiger partial charge in [0.05, 0.1) is 12.1 Å². The molecule has 86 valence electrons. The minimum absolute atomic E-state index is 0.0861. The molecule has 0 aliphatic rings. The third kappa shape index (κ3) is 2.75. The van der Waals surface area contributed by atoms with E-state index in [1.165, 1.54) is 5.56 Å². The molecule has 0 radical (unpaired) electrons. The van der Waals surface area contributed by atoms with Crippen molar-refractivity contribution in [1.82, 2.24) is 10.2 Å². The molecule has 0 saturated heterocycles. The van der Waals surface area contributed by atoms with Crippen LogP contribution >= 0.6 is 0 Å². The highest BCUT2D eigenvalue weighted by Gasteiger charge is 2.10. The Morgan fingerprint density at radius 3 is 2.71 bits per heavy atom. The highest BCUT2D eigenvalue weighted by atomic mass is 16.1. The summed E-state index contributed by atoms with van der Waals surface area (Å²) in [5.74, 6) is 0.0861. The molecule has 3 nitrogen and oxygen atoms in total. The van der Waals surface area contributed by atoms with E-state index < -0.39 is 0 Å². The molecule has 0 aliphatic carbocycles. The van der Waals surface area contributed by atoms with Gasteiger partial charge in [0.15, 0.2) is 5.78 Å². The lowest BCUT2D eigenvalue weighted by molar-refractivity contribution is 0.0991. The molecular formula is C14H14N2O. The third-order valence-corrected chi connectivity index (χ3v) is 2.65. The minimum atomic E-state index is 0.0861. The molecule has 2 rings (SSSR count). The number of carbonyl (C=O) groups is 1. The van der Waals surface area contributed by atoms with Crippen LogP contribution in [0.15, 0.2) is 36.5 Å². The van der Waals surface area contributed by atoms with E-state index in [0.29, 0.717) is 12.1 Å². The maximum absolute atomic E-state index is 12.1. The van der Waals surface area contributed by atoms with Crippen LogP contribution in [-0.2, 0) is 6.42 Å². The standard InChI is InChI=1S/C14H14N2O/c1-10-5-6-13(11(2)8-10)14(17)9-12-4-3-7-15-16-12/h3-8H,9H2,1-2H3. The van der Waals surface area contributed by atoms with Crippen LogP contribution < -0.4 is 0 Å². The van der Waals surface area contributed by atoms with Gasteiger partial charge in [-0.05, 0) is 31.5 Å². The fourth-order valence-electron chi connectivity index (χ4n) is 1.81. The molecule has 1 aromatic heterocycles. The van der Waals surface area contributed by atoms with Gasteiger partial charge in [-0.1, -0.05) is 23.8 Å². The number of hydrogen-bond donors (Lipinski definition) is 0. The molecule has 1 aromatic carbocycles. The van der Waals surface area contributed by atoms with E-state index in [-0.39, 0.29) is 5.78 Å².